The van der Waals surface area contributed by atoms with Crippen molar-refractivity contribution in [3.05, 3.63) is 47.6 Å². The Balaban J connectivity index is 1.46. The van der Waals surface area contributed by atoms with Gasteiger partial charge in [-0.2, -0.15) is 0 Å². The van der Waals surface area contributed by atoms with Crippen LogP contribution in [0.25, 0.3) is 11.0 Å². The summed E-state index contributed by atoms with van der Waals surface area (Å²) in [6.07, 6.45) is 0.0312. The molecule has 1 fully saturated rings. The van der Waals surface area contributed by atoms with Gasteiger partial charge in [-0.1, -0.05) is 17.3 Å². The molecular formula is C19H22N4O3. The summed E-state index contributed by atoms with van der Waals surface area (Å²) in [6.45, 7) is 4.87. The first-order valence-corrected chi connectivity index (χ1v) is 8.81. The van der Waals surface area contributed by atoms with Gasteiger partial charge in [0.2, 0.25) is 5.91 Å². The molecule has 0 aliphatic carbocycles. The van der Waals surface area contributed by atoms with Crippen molar-refractivity contribution < 1.29 is 14.4 Å². The third kappa shape index (κ3) is 3.10. The quantitative estimate of drug-likeness (QED) is 0.771. The molecule has 136 valence electrons. The highest BCUT2D eigenvalue weighted by Gasteiger charge is 2.35. The first-order chi connectivity index (χ1) is 12.5. The Labute approximate surface area is 151 Å². The molecule has 0 spiro atoms. The van der Waals surface area contributed by atoms with Gasteiger partial charge in [0.05, 0.1) is 22.8 Å². The number of hydrogen-bond donors (Lipinski definition) is 1. The first kappa shape index (κ1) is 16.8. The van der Waals surface area contributed by atoms with Crippen molar-refractivity contribution in [2.24, 2.45) is 5.92 Å². The Hall–Kier alpha value is -2.67. The van der Waals surface area contributed by atoms with Crippen molar-refractivity contribution in [3.63, 3.8) is 0 Å². The number of likely N-dealkylation sites (tertiary alicyclic amines) is 1. The third-order valence-corrected chi connectivity index (χ3v) is 5.04. The summed E-state index contributed by atoms with van der Waals surface area (Å²) in [5.41, 5.74) is 2.66. The average molecular weight is 354 g/mol. The van der Waals surface area contributed by atoms with Crippen LogP contribution in [0.2, 0.25) is 0 Å². The molecule has 2 atom stereocenters. The number of carbonyl (C=O) groups is 1. The molecule has 3 heterocycles. The van der Waals surface area contributed by atoms with E-state index in [9.17, 15) is 9.90 Å². The van der Waals surface area contributed by atoms with Gasteiger partial charge in [0, 0.05) is 31.5 Å². The van der Waals surface area contributed by atoms with Gasteiger partial charge in [-0.3, -0.25) is 4.79 Å². The summed E-state index contributed by atoms with van der Waals surface area (Å²) in [5.74, 6) is 1.52. The molecule has 3 aromatic rings. The van der Waals surface area contributed by atoms with Crippen LogP contribution in [-0.2, 0) is 17.8 Å². The van der Waals surface area contributed by atoms with E-state index in [0.29, 0.717) is 19.5 Å². The van der Waals surface area contributed by atoms with E-state index in [1.807, 2.05) is 48.7 Å². The minimum atomic E-state index is -0.551. The molecule has 0 radical (unpaired) electrons. The fourth-order valence-corrected chi connectivity index (χ4v) is 3.66. The van der Waals surface area contributed by atoms with E-state index < -0.39 is 6.10 Å². The zero-order valence-electron chi connectivity index (χ0n) is 14.9. The molecule has 0 saturated carbocycles. The van der Waals surface area contributed by atoms with E-state index in [-0.39, 0.29) is 18.4 Å². The van der Waals surface area contributed by atoms with Crippen LogP contribution in [0.1, 0.15) is 17.3 Å². The van der Waals surface area contributed by atoms with Crippen molar-refractivity contribution in [3.8, 4) is 0 Å². The van der Waals surface area contributed by atoms with E-state index in [4.69, 9.17) is 4.52 Å². The number of nitrogens with zero attached hydrogens (tertiary/aromatic N) is 4. The molecule has 0 bridgehead atoms. The maximum Gasteiger partial charge on any atom is 0.242 e. The van der Waals surface area contributed by atoms with Crippen molar-refractivity contribution >= 4 is 16.9 Å². The van der Waals surface area contributed by atoms with Gasteiger partial charge in [0.1, 0.15) is 18.1 Å². The van der Waals surface area contributed by atoms with Gasteiger partial charge in [0.25, 0.3) is 0 Å². The van der Waals surface area contributed by atoms with E-state index in [1.54, 1.807) is 4.90 Å². The number of fused-ring (bicyclic) bond motifs is 1. The molecule has 7 heteroatoms. The summed E-state index contributed by atoms with van der Waals surface area (Å²) in [6, 6.07) is 9.67. The fraction of sp³-hybridized carbons (Fsp3) is 0.421. The second kappa shape index (κ2) is 6.57. The Morgan fingerprint density at radius 3 is 2.88 bits per heavy atom. The number of aliphatic hydroxyl groups excluding tert-OH is 1. The molecule has 7 nitrogen and oxygen atoms in total. The lowest BCUT2D eigenvalue weighted by Crippen LogP contribution is -2.33. The molecule has 1 aromatic carbocycles. The largest absolute Gasteiger partial charge is 0.391 e. The standard InChI is InChI=1S/C19H22N4O3/c1-12-7-15(26-21-12)8-14-9-22(10-18(14)24)19(25)11-23-13(2)20-16-5-3-4-6-17(16)23/h3-7,14,18,24H,8-11H2,1-2H3/t14-,18-/m1/s1. The van der Waals surface area contributed by atoms with Gasteiger partial charge in [-0.05, 0) is 26.0 Å². The lowest BCUT2D eigenvalue weighted by molar-refractivity contribution is -0.131. The lowest BCUT2D eigenvalue weighted by atomic mass is 10.0. The second-order valence-corrected chi connectivity index (χ2v) is 7.00. The van der Waals surface area contributed by atoms with Crippen LogP contribution in [0.3, 0.4) is 0 Å². The van der Waals surface area contributed by atoms with Crippen molar-refractivity contribution in [1.82, 2.24) is 19.6 Å². The zero-order chi connectivity index (χ0) is 18.3. The first-order valence-electron chi connectivity index (χ1n) is 8.81. The molecule has 1 saturated heterocycles. The van der Waals surface area contributed by atoms with Gasteiger partial charge < -0.3 is 19.1 Å². The monoisotopic (exact) mass is 354 g/mol. The highest BCUT2D eigenvalue weighted by Crippen LogP contribution is 2.23. The Morgan fingerprint density at radius 1 is 1.31 bits per heavy atom. The maximum atomic E-state index is 12.8. The van der Waals surface area contributed by atoms with Crippen LogP contribution >= 0.6 is 0 Å². The summed E-state index contributed by atoms with van der Waals surface area (Å²) < 4.78 is 7.17. The lowest BCUT2D eigenvalue weighted by Gasteiger charge is -2.17. The zero-order valence-corrected chi connectivity index (χ0v) is 14.9. The number of amides is 1. The number of benzene rings is 1. The number of aryl methyl sites for hydroxylation is 2. The number of aromatic nitrogens is 3. The van der Waals surface area contributed by atoms with Crippen LogP contribution in [-0.4, -0.2) is 49.8 Å². The van der Waals surface area contributed by atoms with Crippen molar-refractivity contribution in [2.75, 3.05) is 13.1 Å². The molecule has 4 rings (SSSR count). The van der Waals surface area contributed by atoms with Crippen LogP contribution < -0.4 is 0 Å². The van der Waals surface area contributed by atoms with E-state index in [0.717, 1.165) is 28.3 Å². The summed E-state index contributed by atoms with van der Waals surface area (Å²) in [5, 5.41) is 14.2. The van der Waals surface area contributed by atoms with Crippen LogP contribution in [0, 0.1) is 19.8 Å². The summed E-state index contributed by atoms with van der Waals surface area (Å²) >= 11 is 0. The Morgan fingerprint density at radius 2 is 2.12 bits per heavy atom. The predicted molar refractivity (Wildman–Crippen MR) is 95.5 cm³/mol. The molecule has 1 aliphatic rings. The fourth-order valence-electron chi connectivity index (χ4n) is 3.66. The Kier molecular flexibility index (Phi) is 4.24. The smallest absolute Gasteiger partial charge is 0.242 e. The molecule has 26 heavy (non-hydrogen) atoms. The third-order valence-electron chi connectivity index (χ3n) is 5.04. The van der Waals surface area contributed by atoms with Crippen LogP contribution in [0.15, 0.2) is 34.9 Å². The topological polar surface area (TPSA) is 84.4 Å². The number of rotatable bonds is 4. The highest BCUT2D eigenvalue weighted by molar-refractivity contribution is 5.81. The van der Waals surface area contributed by atoms with Gasteiger partial charge in [-0.25, -0.2) is 4.98 Å². The minimum Gasteiger partial charge on any atom is -0.391 e. The number of imidazole rings is 1. The van der Waals surface area contributed by atoms with Gasteiger partial charge in [0.15, 0.2) is 0 Å². The van der Waals surface area contributed by atoms with Crippen LogP contribution in [0.5, 0.6) is 0 Å². The summed E-state index contributed by atoms with van der Waals surface area (Å²) in [4.78, 5) is 19.0. The molecule has 1 N–H and O–H groups in total. The normalized spacial score (nSPS) is 20.2. The minimum absolute atomic E-state index is 0.00782. The number of aliphatic hydroxyl groups is 1. The van der Waals surface area contributed by atoms with Gasteiger partial charge in [-0.15, -0.1) is 0 Å². The number of β-amino-alcohol motifs (C(OH)–C–C–N with tert-alkyl or cyclic N) is 1. The van der Waals surface area contributed by atoms with E-state index in [2.05, 4.69) is 10.1 Å². The maximum absolute atomic E-state index is 12.8. The SMILES string of the molecule is Cc1cc(C[C@@H]2CN(C(=O)Cn3c(C)nc4ccccc43)C[C@H]2O)on1. The van der Waals surface area contributed by atoms with E-state index in [1.165, 1.54) is 0 Å². The van der Waals surface area contributed by atoms with E-state index >= 15 is 0 Å². The highest BCUT2D eigenvalue weighted by atomic mass is 16.5. The number of hydrogen-bond acceptors (Lipinski definition) is 5. The molecule has 1 amide bonds. The molecule has 2 aromatic heterocycles. The Bertz CT molecular complexity index is 945. The average Bonchev–Trinajstić information content (AvgIpc) is 3.27. The molecular weight excluding hydrogens is 332 g/mol. The predicted octanol–water partition coefficient (Wildman–Crippen LogP) is 1.70. The summed E-state index contributed by atoms with van der Waals surface area (Å²) in [7, 11) is 0. The second-order valence-electron chi connectivity index (χ2n) is 7.00. The van der Waals surface area contributed by atoms with Crippen LogP contribution in [0.4, 0.5) is 0 Å². The van der Waals surface area contributed by atoms with Gasteiger partial charge >= 0.3 is 0 Å². The van der Waals surface area contributed by atoms with Crippen molar-refractivity contribution in [1.29, 1.82) is 0 Å². The molecule has 0 unspecified atom stereocenters. The number of carbonyl (C=O) groups excluding carboxylic acids is 1. The molecule has 1 aliphatic heterocycles. The number of para-hydroxylation sites is 2. The van der Waals surface area contributed by atoms with Crippen molar-refractivity contribution in [2.45, 2.75) is 32.9 Å².